The molecule has 7 heteroatoms. The largest absolute Gasteiger partial charge is 0.365 e. The Morgan fingerprint density at radius 2 is 2.11 bits per heavy atom. The minimum Gasteiger partial charge on any atom is -0.365 e. The summed E-state index contributed by atoms with van der Waals surface area (Å²) in [5.41, 5.74) is 0.0338. The van der Waals surface area contributed by atoms with Gasteiger partial charge in [-0.15, -0.1) is 0 Å². The van der Waals surface area contributed by atoms with Crippen molar-refractivity contribution in [1.29, 1.82) is 0 Å². The average molecular weight is 272 g/mol. The van der Waals surface area contributed by atoms with Crippen molar-refractivity contribution >= 4 is 17.4 Å². The average Bonchev–Trinajstić information content (AvgIpc) is 2.35. The second-order valence-corrected chi connectivity index (χ2v) is 3.87. The van der Waals surface area contributed by atoms with Gasteiger partial charge >= 0.3 is 0 Å². The Morgan fingerprint density at radius 1 is 1.33 bits per heavy atom. The Hall–Kier alpha value is -1.95. The minimum atomic E-state index is -0.931. The molecule has 0 bridgehead atoms. The van der Waals surface area contributed by atoms with Gasteiger partial charge in [-0.05, 0) is 17.7 Å². The van der Waals surface area contributed by atoms with Crippen molar-refractivity contribution in [3.63, 3.8) is 0 Å². The van der Waals surface area contributed by atoms with Crippen LogP contribution in [0.2, 0.25) is 5.02 Å². The fourth-order valence-electron chi connectivity index (χ4n) is 1.34. The lowest BCUT2D eigenvalue weighted by molar-refractivity contribution is 0.507. The number of rotatable bonds is 3. The molecule has 0 saturated heterocycles. The zero-order chi connectivity index (χ0) is 13.1. The van der Waals surface area contributed by atoms with Crippen LogP contribution in [0.25, 0.3) is 0 Å². The van der Waals surface area contributed by atoms with Crippen LogP contribution in [0, 0.1) is 11.6 Å². The van der Waals surface area contributed by atoms with Gasteiger partial charge in [-0.2, -0.15) is 0 Å². The molecule has 0 aliphatic carbocycles. The molecule has 94 valence electrons. The maximum Gasteiger partial charge on any atom is 0.271 e. The molecule has 0 aliphatic rings. The highest BCUT2D eigenvalue weighted by molar-refractivity contribution is 6.32. The molecule has 0 saturated carbocycles. The fourth-order valence-corrected chi connectivity index (χ4v) is 1.51. The van der Waals surface area contributed by atoms with Crippen LogP contribution in [0.15, 0.2) is 29.3 Å². The van der Waals surface area contributed by atoms with Crippen LogP contribution in [0.1, 0.15) is 5.56 Å². The molecule has 0 fully saturated rings. The number of nitrogens with zero attached hydrogens (tertiary/aromatic N) is 1. The molecule has 0 unspecified atom stereocenters. The summed E-state index contributed by atoms with van der Waals surface area (Å²) < 4.78 is 25.7. The van der Waals surface area contributed by atoms with E-state index in [2.05, 4.69) is 15.3 Å². The highest BCUT2D eigenvalue weighted by atomic mass is 35.5. The summed E-state index contributed by atoms with van der Waals surface area (Å²) in [7, 11) is 0. The van der Waals surface area contributed by atoms with Gasteiger partial charge < -0.3 is 10.3 Å². The van der Waals surface area contributed by atoms with Gasteiger partial charge in [0.15, 0.2) is 17.5 Å². The normalized spacial score (nSPS) is 10.4. The molecule has 2 rings (SSSR count). The molecule has 2 N–H and O–H groups in total. The number of H-pyrrole nitrogens is 1. The summed E-state index contributed by atoms with van der Waals surface area (Å²) in [5.74, 6) is -1.66. The molecular formula is C11H8ClF2N3O. The Morgan fingerprint density at radius 3 is 2.83 bits per heavy atom. The number of nitrogens with one attached hydrogen (secondary N) is 2. The zero-order valence-electron chi connectivity index (χ0n) is 9.01. The highest BCUT2D eigenvalue weighted by Gasteiger charge is 2.06. The molecule has 4 nitrogen and oxygen atoms in total. The first-order valence-electron chi connectivity index (χ1n) is 4.99. The van der Waals surface area contributed by atoms with Gasteiger partial charge in [0.05, 0.1) is 6.33 Å². The first-order chi connectivity index (χ1) is 8.58. The number of hydrogen-bond acceptors (Lipinski definition) is 3. The van der Waals surface area contributed by atoms with E-state index in [-0.39, 0.29) is 17.4 Å². The fraction of sp³-hybridized carbons (Fsp3) is 0.0909. The zero-order valence-corrected chi connectivity index (χ0v) is 9.76. The van der Waals surface area contributed by atoms with Crippen LogP contribution >= 0.6 is 11.6 Å². The third-order valence-electron chi connectivity index (χ3n) is 2.24. The lowest BCUT2D eigenvalue weighted by Gasteiger charge is -2.06. The highest BCUT2D eigenvalue weighted by Crippen LogP contribution is 2.14. The molecule has 18 heavy (non-hydrogen) atoms. The van der Waals surface area contributed by atoms with Gasteiger partial charge in [0, 0.05) is 6.54 Å². The van der Waals surface area contributed by atoms with Gasteiger partial charge in [0.25, 0.3) is 5.56 Å². The first kappa shape index (κ1) is 12.5. The van der Waals surface area contributed by atoms with Crippen molar-refractivity contribution in [2.45, 2.75) is 6.54 Å². The molecule has 0 spiro atoms. The predicted molar refractivity (Wildman–Crippen MR) is 63.6 cm³/mol. The maximum absolute atomic E-state index is 12.9. The lowest BCUT2D eigenvalue weighted by atomic mass is 10.2. The summed E-state index contributed by atoms with van der Waals surface area (Å²) in [6.07, 6.45) is 1.20. The molecule has 0 radical (unpaired) electrons. The predicted octanol–water partition coefficient (Wildman–Crippen LogP) is 2.31. The first-order valence-corrected chi connectivity index (χ1v) is 5.36. The smallest absolute Gasteiger partial charge is 0.271 e. The van der Waals surface area contributed by atoms with E-state index in [1.54, 1.807) is 0 Å². The van der Waals surface area contributed by atoms with Crippen molar-refractivity contribution in [3.05, 3.63) is 57.1 Å². The molecule has 2 aromatic rings. The molecule has 0 amide bonds. The Balaban J connectivity index is 2.14. The van der Waals surface area contributed by atoms with Crippen LogP contribution < -0.4 is 10.9 Å². The lowest BCUT2D eigenvalue weighted by Crippen LogP contribution is -2.11. The second kappa shape index (κ2) is 5.14. The van der Waals surface area contributed by atoms with Crippen molar-refractivity contribution in [3.8, 4) is 0 Å². The van der Waals surface area contributed by atoms with Crippen LogP contribution in [0.4, 0.5) is 14.6 Å². The van der Waals surface area contributed by atoms with Gasteiger partial charge in [0.2, 0.25) is 0 Å². The minimum absolute atomic E-state index is 0.0833. The molecule has 0 atom stereocenters. The van der Waals surface area contributed by atoms with E-state index in [1.807, 2.05) is 0 Å². The third-order valence-corrected chi connectivity index (χ3v) is 2.59. The number of hydrogen-bond donors (Lipinski definition) is 2. The van der Waals surface area contributed by atoms with E-state index in [9.17, 15) is 13.6 Å². The van der Waals surface area contributed by atoms with E-state index in [4.69, 9.17) is 11.6 Å². The van der Waals surface area contributed by atoms with Crippen LogP contribution in [0.3, 0.4) is 0 Å². The number of benzene rings is 1. The number of anilines is 1. The molecule has 1 aromatic carbocycles. The number of aromatic nitrogens is 2. The van der Waals surface area contributed by atoms with Gasteiger partial charge in [0.1, 0.15) is 5.02 Å². The topological polar surface area (TPSA) is 57.8 Å². The summed E-state index contributed by atoms with van der Waals surface area (Å²) >= 11 is 5.71. The van der Waals surface area contributed by atoms with Crippen molar-refractivity contribution in [1.82, 2.24) is 9.97 Å². The van der Waals surface area contributed by atoms with Crippen LogP contribution in [0.5, 0.6) is 0 Å². The van der Waals surface area contributed by atoms with Crippen molar-refractivity contribution in [2.75, 3.05) is 5.32 Å². The number of aromatic amines is 1. The molecule has 0 aliphatic heterocycles. The number of halogens is 3. The Kier molecular flexibility index (Phi) is 3.57. The Labute approximate surface area is 106 Å². The van der Waals surface area contributed by atoms with E-state index < -0.39 is 17.2 Å². The van der Waals surface area contributed by atoms with Gasteiger partial charge in [-0.1, -0.05) is 17.7 Å². The molecule has 1 aromatic heterocycles. The summed E-state index contributed by atoms with van der Waals surface area (Å²) in [4.78, 5) is 17.3. The van der Waals surface area contributed by atoms with E-state index in [0.29, 0.717) is 5.56 Å². The Bertz CT molecular complexity index is 630. The molecule has 1 heterocycles. The quantitative estimate of drug-likeness (QED) is 0.901. The maximum atomic E-state index is 12.9. The summed E-state index contributed by atoms with van der Waals surface area (Å²) in [6, 6.07) is 3.51. The summed E-state index contributed by atoms with van der Waals surface area (Å²) in [6.45, 7) is 0.174. The van der Waals surface area contributed by atoms with E-state index >= 15 is 0 Å². The van der Waals surface area contributed by atoms with Gasteiger partial charge in [-0.25, -0.2) is 13.8 Å². The van der Waals surface area contributed by atoms with E-state index in [1.165, 1.54) is 12.4 Å². The van der Waals surface area contributed by atoms with E-state index in [0.717, 1.165) is 12.1 Å². The van der Waals surface area contributed by atoms with Crippen LogP contribution in [-0.2, 0) is 6.54 Å². The molecular weight excluding hydrogens is 264 g/mol. The second-order valence-electron chi connectivity index (χ2n) is 3.50. The third kappa shape index (κ3) is 2.65. The van der Waals surface area contributed by atoms with Gasteiger partial charge in [-0.3, -0.25) is 4.79 Å². The SMILES string of the molecule is O=c1[nH]cnc(NCc2ccc(F)c(F)c2)c1Cl. The van der Waals surface area contributed by atoms with Crippen molar-refractivity contribution in [2.24, 2.45) is 0 Å². The van der Waals surface area contributed by atoms with Crippen LogP contribution in [-0.4, -0.2) is 9.97 Å². The summed E-state index contributed by atoms with van der Waals surface area (Å²) in [5, 5.41) is 2.68. The van der Waals surface area contributed by atoms with Crippen molar-refractivity contribution < 1.29 is 8.78 Å². The standard InChI is InChI=1S/C11H8ClF2N3O/c12-9-10(16-5-17-11(9)18)15-4-6-1-2-7(13)8(14)3-6/h1-3,5H,4H2,(H2,15,16,17,18). The monoisotopic (exact) mass is 271 g/mol.